The molecule has 4 aliphatic heterocycles. The number of carbonyl (C=O) groups excluding carboxylic acids is 1. The number of ether oxygens (including phenoxy) is 8. The zero-order valence-corrected chi connectivity index (χ0v) is 44.0. The zero-order chi connectivity index (χ0) is 55.6. The smallest absolute Gasteiger partial charge is 0.317 e. The first-order chi connectivity index (χ1) is 35.6. The number of esters is 1. The van der Waals surface area contributed by atoms with E-state index in [1.54, 1.807) is 0 Å². The first-order valence-corrected chi connectivity index (χ1v) is 27.0. The Balaban J connectivity index is 0.971. The van der Waals surface area contributed by atoms with E-state index in [0.29, 0.717) is 32.1 Å². The van der Waals surface area contributed by atoms with Crippen molar-refractivity contribution in [3.63, 3.8) is 0 Å². The van der Waals surface area contributed by atoms with Crippen molar-refractivity contribution in [2.24, 2.45) is 50.2 Å². The minimum Gasteiger partial charge on any atom is -0.432 e. The molecule has 9 rings (SSSR count). The maximum atomic E-state index is 15.3. The van der Waals surface area contributed by atoms with Gasteiger partial charge in [-0.1, -0.05) is 46.3 Å². The Hall–Kier alpha value is -1.67. The van der Waals surface area contributed by atoms with Gasteiger partial charge in [0, 0.05) is 5.41 Å². The summed E-state index contributed by atoms with van der Waals surface area (Å²) in [6.07, 6.45) is -28.2. The molecule has 9 aliphatic rings. The van der Waals surface area contributed by atoms with E-state index in [-0.39, 0.29) is 30.6 Å². The Kier molecular flexibility index (Phi) is 16.5. The van der Waals surface area contributed by atoms with E-state index in [1.807, 2.05) is 6.92 Å². The number of rotatable bonds is 11. The molecule has 24 nitrogen and oxygen atoms in total. The summed E-state index contributed by atoms with van der Waals surface area (Å²) < 4.78 is 47.0. The van der Waals surface area contributed by atoms with Crippen LogP contribution in [0, 0.1) is 50.2 Å². The lowest BCUT2D eigenvalue weighted by molar-refractivity contribution is -0.369. The molecule has 4 saturated carbocycles. The predicted octanol–water partition coefficient (Wildman–Crippen LogP) is -3.84. The molecule has 5 aliphatic carbocycles. The van der Waals surface area contributed by atoms with Crippen LogP contribution >= 0.6 is 0 Å². The van der Waals surface area contributed by atoms with Crippen molar-refractivity contribution < 1.29 is 119 Å². The lowest BCUT2D eigenvalue weighted by Gasteiger charge is -2.72. The van der Waals surface area contributed by atoms with Crippen LogP contribution in [0.5, 0.6) is 0 Å². The van der Waals surface area contributed by atoms with E-state index in [2.05, 4.69) is 33.8 Å². The maximum Gasteiger partial charge on any atom is 0.317 e. The second kappa shape index (κ2) is 21.3. The first-order valence-electron chi connectivity index (χ1n) is 27.0. The number of carbonyl (C=O) groups is 1. The molecule has 436 valence electrons. The van der Waals surface area contributed by atoms with Crippen molar-refractivity contribution in [3.8, 4) is 0 Å². The number of hydrogen-bond acceptors (Lipinski definition) is 24. The number of fused-ring (bicyclic) bond motifs is 7. The second-order valence-corrected chi connectivity index (χ2v) is 25.4. The summed E-state index contributed by atoms with van der Waals surface area (Å²) >= 11 is 0. The van der Waals surface area contributed by atoms with E-state index in [0.717, 1.165) is 5.57 Å². The van der Waals surface area contributed by atoms with Gasteiger partial charge in [-0.05, 0) is 97.7 Å². The zero-order valence-electron chi connectivity index (χ0n) is 44.0. The summed E-state index contributed by atoms with van der Waals surface area (Å²) in [4.78, 5) is 15.3. The highest BCUT2D eigenvalue weighted by molar-refractivity contribution is 5.80. The minimum absolute atomic E-state index is 0.103. The van der Waals surface area contributed by atoms with Gasteiger partial charge < -0.3 is 114 Å². The van der Waals surface area contributed by atoms with Crippen LogP contribution in [-0.4, -0.2) is 245 Å². The van der Waals surface area contributed by atoms with E-state index < -0.39 is 207 Å². The van der Waals surface area contributed by atoms with E-state index in [4.69, 9.17) is 37.9 Å². The van der Waals surface area contributed by atoms with Gasteiger partial charge in [0.2, 0.25) is 6.29 Å². The molecule has 15 N–H and O–H groups in total. The molecule has 0 spiro atoms. The molecule has 24 heteroatoms. The molecule has 76 heavy (non-hydrogen) atoms. The van der Waals surface area contributed by atoms with Crippen molar-refractivity contribution in [1.29, 1.82) is 0 Å². The summed E-state index contributed by atoms with van der Waals surface area (Å²) in [5.41, 5.74) is -4.60. The van der Waals surface area contributed by atoms with Gasteiger partial charge in [-0.25, -0.2) is 0 Å². The number of allylic oxidation sites excluding steroid dienone is 2. The van der Waals surface area contributed by atoms with Gasteiger partial charge in [-0.3, -0.25) is 4.79 Å². The SMILES string of the molecule is CC1OC(OC2C(OC(=O)C34CCC(C)(C)CC3C3=CCC5C6(C)CC(O)C(OC7OC(CO)C(O)C(O)C7O)C(CO)(CO)C6CCC5(C)C3(C)CC4O)OCC(O)C2O)C(O)C(O)C1OC1OCC(O)C(O)C1O. The molecular weight excluding hydrogens is 1010 g/mol. The Morgan fingerprint density at radius 2 is 1.22 bits per heavy atom. The summed E-state index contributed by atoms with van der Waals surface area (Å²) in [5.74, 6) is -2.14. The van der Waals surface area contributed by atoms with Crippen molar-refractivity contribution >= 4 is 5.97 Å². The van der Waals surface area contributed by atoms with Gasteiger partial charge in [0.25, 0.3) is 0 Å². The van der Waals surface area contributed by atoms with Gasteiger partial charge in [0.05, 0.1) is 57.5 Å². The highest BCUT2D eigenvalue weighted by Crippen LogP contribution is 2.76. The predicted molar refractivity (Wildman–Crippen MR) is 255 cm³/mol. The molecule has 8 fully saturated rings. The minimum atomic E-state index is -1.91. The Bertz CT molecular complexity index is 2090. The maximum absolute atomic E-state index is 15.3. The van der Waals surface area contributed by atoms with Crippen LogP contribution in [0.2, 0.25) is 0 Å². The van der Waals surface area contributed by atoms with Crippen LogP contribution in [-0.2, 0) is 42.7 Å². The monoisotopic (exact) mass is 1090 g/mol. The lowest BCUT2D eigenvalue weighted by Crippen LogP contribution is -2.71. The van der Waals surface area contributed by atoms with Gasteiger partial charge in [0.15, 0.2) is 25.0 Å². The molecule has 28 unspecified atom stereocenters. The molecule has 4 heterocycles. The third-order valence-corrected chi connectivity index (χ3v) is 20.8. The molecule has 0 radical (unpaired) electrons. The molecule has 0 aromatic carbocycles. The molecule has 28 atom stereocenters. The van der Waals surface area contributed by atoms with Crippen LogP contribution in [0.25, 0.3) is 0 Å². The topological polar surface area (TPSA) is 394 Å². The van der Waals surface area contributed by atoms with Crippen LogP contribution in [0.4, 0.5) is 0 Å². The van der Waals surface area contributed by atoms with Gasteiger partial charge in [0.1, 0.15) is 78.7 Å². The highest BCUT2D eigenvalue weighted by atomic mass is 16.8. The summed E-state index contributed by atoms with van der Waals surface area (Å²) in [7, 11) is 0. The van der Waals surface area contributed by atoms with Crippen molar-refractivity contribution in [3.05, 3.63) is 11.6 Å². The standard InChI is InChI=1S/C52H84O24/c1-21-39(73-42-36(65)31(60)25(57)17-69-42)35(64)38(67)43(71-21)74-40-32(61)26(58)18-70-45(40)76-46(68)52-12-11-47(2,3)13-23(52)22-7-8-28-48(4)14-24(56)41(75-44-37(66)34(63)33(62)27(16-53)72-44)51(19-54,20-55)29(48)9-10-49(28,5)50(22,6)15-30(52)59/h7,21,23-45,53-67H,8-20H2,1-6H3. The van der Waals surface area contributed by atoms with Gasteiger partial charge in [-0.2, -0.15) is 0 Å². The molecule has 0 aromatic heterocycles. The third-order valence-electron chi connectivity index (χ3n) is 20.8. The average Bonchev–Trinajstić information content (AvgIpc) is 3.56. The molecule has 0 bridgehead atoms. The normalized spacial score (nSPS) is 54.0. The van der Waals surface area contributed by atoms with Crippen LogP contribution in [0.1, 0.15) is 92.9 Å². The first kappa shape index (κ1) is 59.0. The molecular formula is C52H84O24. The van der Waals surface area contributed by atoms with Crippen LogP contribution in [0.15, 0.2) is 11.6 Å². The van der Waals surface area contributed by atoms with Gasteiger partial charge >= 0.3 is 5.97 Å². The fourth-order valence-corrected chi connectivity index (χ4v) is 16.2. The fraction of sp³-hybridized carbons (Fsp3) is 0.942. The Morgan fingerprint density at radius 3 is 1.88 bits per heavy atom. The van der Waals surface area contributed by atoms with Crippen molar-refractivity contribution in [2.75, 3.05) is 33.0 Å². The molecule has 4 saturated heterocycles. The van der Waals surface area contributed by atoms with E-state index >= 15 is 4.79 Å². The average molecular weight is 1090 g/mol. The van der Waals surface area contributed by atoms with Crippen LogP contribution < -0.4 is 0 Å². The summed E-state index contributed by atoms with van der Waals surface area (Å²) in [6, 6.07) is 0. The van der Waals surface area contributed by atoms with E-state index in [1.165, 1.54) is 6.92 Å². The summed E-state index contributed by atoms with van der Waals surface area (Å²) in [6.45, 7) is 9.08. The van der Waals surface area contributed by atoms with Crippen molar-refractivity contribution in [1.82, 2.24) is 0 Å². The second-order valence-electron chi connectivity index (χ2n) is 25.4. The molecule has 0 aromatic rings. The van der Waals surface area contributed by atoms with E-state index in [9.17, 15) is 76.6 Å². The lowest BCUT2D eigenvalue weighted by atomic mass is 9.33. The molecule has 0 amide bonds. The van der Waals surface area contributed by atoms with Crippen molar-refractivity contribution in [2.45, 2.75) is 222 Å². The fourth-order valence-electron chi connectivity index (χ4n) is 16.2. The Morgan fingerprint density at radius 1 is 0.618 bits per heavy atom. The Labute approximate surface area is 441 Å². The van der Waals surface area contributed by atoms with Gasteiger partial charge in [-0.15, -0.1) is 0 Å². The summed E-state index contributed by atoms with van der Waals surface area (Å²) in [5, 5.41) is 165. The number of aliphatic hydroxyl groups excluding tert-OH is 15. The largest absolute Gasteiger partial charge is 0.432 e. The third kappa shape index (κ3) is 9.17. The number of aliphatic hydroxyl groups is 15. The number of hydrogen-bond donors (Lipinski definition) is 15. The highest BCUT2D eigenvalue weighted by Gasteiger charge is 2.74. The van der Waals surface area contributed by atoms with Crippen LogP contribution in [0.3, 0.4) is 0 Å². The quantitative estimate of drug-likeness (QED) is 0.0535.